The lowest BCUT2D eigenvalue weighted by Gasteiger charge is -2.11. The van der Waals surface area contributed by atoms with Crippen molar-refractivity contribution in [3.05, 3.63) is 76.9 Å². The van der Waals surface area contributed by atoms with Crippen LogP contribution in [-0.2, 0) is 16.0 Å². The van der Waals surface area contributed by atoms with Crippen molar-refractivity contribution in [1.82, 2.24) is 9.78 Å². The Bertz CT molecular complexity index is 1490. The topological polar surface area (TPSA) is 52.0 Å². The Hall–Kier alpha value is -2.62. The Morgan fingerprint density at radius 1 is 1.03 bits per heavy atom. The van der Waals surface area contributed by atoms with E-state index in [1.807, 2.05) is 19.9 Å². The molecule has 4 aromatic rings. The van der Waals surface area contributed by atoms with Gasteiger partial charge in [-0.3, -0.25) is 0 Å². The largest absolute Gasteiger partial charge is 0.435 e. The average Bonchev–Trinajstić information content (AvgIpc) is 3.46. The molecule has 0 aliphatic carbocycles. The molecule has 35 heavy (non-hydrogen) atoms. The van der Waals surface area contributed by atoms with Crippen LogP contribution in [0.25, 0.3) is 26.7 Å². The molecule has 0 aliphatic heterocycles. The van der Waals surface area contributed by atoms with Gasteiger partial charge in [-0.05, 0) is 65.6 Å². The summed E-state index contributed by atoms with van der Waals surface area (Å²) in [7, 11) is -3.44. The summed E-state index contributed by atoms with van der Waals surface area (Å²) in [5.41, 5.74) is 1.10. The molecule has 0 N–H and O–H groups in total. The van der Waals surface area contributed by atoms with Crippen LogP contribution in [-0.4, -0.2) is 24.0 Å². The van der Waals surface area contributed by atoms with Gasteiger partial charge in [0.1, 0.15) is 0 Å². The molecule has 2 aromatic heterocycles. The highest BCUT2D eigenvalue weighted by Crippen LogP contribution is 2.40. The number of thiophene rings is 1. The van der Waals surface area contributed by atoms with Crippen LogP contribution in [0.1, 0.15) is 37.9 Å². The van der Waals surface area contributed by atoms with Gasteiger partial charge < -0.3 is 0 Å². The fraction of sp³-hybridized carbons (Fsp3) is 0.240. The van der Waals surface area contributed by atoms with Crippen molar-refractivity contribution < 1.29 is 21.6 Å². The van der Waals surface area contributed by atoms with Crippen LogP contribution < -0.4 is 0 Å². The number of rotatable bonds is 6. The minimum atomic E-state index is -4.63. The third-order valence-electron chi connectivity index (χ3n) is 5.56. The number of sulfone groups is 1. The molecule has 2 aromatic carbocycles. The second-order valence-corrected chi connectivity index (χ2v) is 12.1. The number of aromatic nitrogens is 2. The van der Waals surface area contributed by atoms with E-state index in [2.05, 4.69) is 5.10 Å². The summed E-state index contributed by atoms with van der Waals surface area (Å²) in [6.45, 7) is 5.54. The first-order valence-corrected chi connectivity index (χ1v) is 13.7. The van der Waals surface area contributed by atoms with Gasteiger partial charge in [0.15, 0.2) is 15.5 Å². The summed E-state index contributed by atoms with van der Waals surface area (Å²) in [6, 6.07) is 16.2. The summed E-state index contributed by atoms with van der Waals surface area (Å²) in [6.07, 6.45) is -4.63. The Labute approximate surface area is 210 Å². The number of nitrogens with zero attached hydrogens (tertiary/aromatic N) is 2. The Morgan fingerprint density at radius 3 is 2.34 bits per heavy atom. The van der Waals surface area contributed by atoms with Gasteiger partial charge in [-0.1, -0.05) is 44.5 Å². The molecule has 10 heteroatoms. The quantitative estimate of drug-likeness (QED) is 0.251. The lowest BCUT2D eigenvalue weighted by atomic mass is 10.0. The van der Waals surface area contributed by atoms with Crippen molar-refractivity contribution in [2.75, 3.05) is 5.75 Å². The predicted octanol–water partition coefficient (Wildman–Crippen LogP) is 7.86. The van der Waals surface area contributed by atoms with Crippen molar-refractivity contribution in [2.24, 2.45) is 0 Å². The number of hydrogen-bond donors (Lipinski definition) is 0. The standard InChI is InChI=1S/C25H22ClF3N2O2S2/c1-4-35(32,33)18-12-16(15(2)3)11-17(13-18)22-9-10-23(34-22)21-14-24(25(27,28)29)30-31(21)20-8-6-5-7-19(20)26/h5-15H,4H2,1-3H3. The zero-order chi connectivity index (χ0) is 25.5. The third-order valence-corrected chi connectivity index (χ3v) is 8.75. The van der Waals surface area contributed by atoms with Gasteiger partial charge in [0.05, 0.1) is 31.9 Å². The summed E-state index contributed by atoms with van der Waals surface area (Å²) in [5.74, 6) is 0.0668. The number of alkyl halides is 3. The van der Waals surface area contributed by atoms with Gasteiger partial charge in [-0.15, -0.1) is 11.3 Å². The molecule has 0 bridgehead atoms. The molecular weight excluding hydrogens is 517 g/mol. The maximum Gasteiger partial charge on any atom is 0.435 e. The van der Waals surface area contributed by atoms with Crippen LogP contribution in [0.3, 0.4) is 0 Å². The molecule has 4 nitrogen and oxygen atoms in total. The van der Waals surface area contributed by atoms with Crippen molar-refractivity contribution in [1.29, 1.82) is 0 Å². The van der Waals surface area contributed by atoms with E-state index < -0.39 is 21.7 Å². The van der Waals surface area contributed by atoms with E-state index in [-0.39, 0.29) is 27.3 Å². The van der Waals surface area contributed by atoms with E-state index in [1.165, 1.54) is 16.0 Å². The van der Waals surface area contributed by atoms with Crippen LogP contribution in [0.2, 0.25) is 5.02 Å². The lowest BCUT2D eigenvalue weighted by molar-refractivity contribution is -0.141. The summed E-state index contributed by atoms with van der Waals surface area (Å²) in [4.78, 5) is 1.50. The number of benzene rings is 2. The Morgan fingerprint density at radius 2 is 1.71 bits per heavy atom. The average molecular weight is 539 g/mol. The predicted molar refractivity (Wildman–Crippen MR) is 134 cm³/mol. The normalized spacial score (nSPS) is 12.5. The van der Waals surface area contributed by atoms with E-state index in [4.69, 9.17) is 11.6 Å². The van der Waals surface area contributed by atoms with Crippen LogP contribution >= 0.6 is 22.9 Å². The van der Waals surface area contributed by atoms with E-state index in [1.54, 1.807) is 55.5 Å². The first-order chi connectivity index (χ1) is 16.4. The third kappa shape index (κ3) is 5.17. The molecule has 0 fully saturated rings. The zero-order valence-corrected chi connectivity index (χ0v) is 21.5. The first kappa shape index (κ1) is 25.5. The molecule has 0 amide bonds. The molecule has 0 spiro atoms. The van der Waals surface area contributed by atoms with Gasteiger partial charge in [0, 0.05) is 4.88 Å². The van der Waals surface area contributed by atoms with E-state index in [9.17, 15) is 21.6 Å². The van der Waals surface area contributed by atoms with Crippen molar-refractivity contribution in [3.63, 3.8) is 0 Å². The Kier molecular flexibility index (Phi) is 6.87. The highest BCUT2D eigenvalue weighted by Gasteiger charge is 2.35. The van der Waals surface area contributed by atoms with Crippen LogP contribution in [0, 0.1) is 0 Å². The van der Waals surface area contributed by atoms with Gasteiger partial charge in [0.2, 0.25) is 0 Å². The fourth-order valence-corrected chi connectivity index (χ4v) is 5.74. The monoisotopic (exact) mass is 538 g/mol. The fourth-order valence-electron chi connectivity index (χ4n) is 3.58. The van der Waals surface area contributed by atoms with E-state index in [0.717, 1.165) is 16.5 Å². The molecule has 0 aliphatic rings. The maximum absolute atomic E-state index is 13.5. The lowest BCUT2D eigenvalue weighted by Crippen LogP contribution is -2.07. The molecule has 0 saturated heterocycles. The van der Waals surface area contributed by atoms with Gasteiger partial charge in [0.25, 0.3) is 0 Å². The summed E-state index contributed by atoms with van der Waals surface area (Å²) in [5, 5.41) is 4.07. The number of para-hydroxylation sites is 1. The van der Waals surface area contributed by atoms with Crippen molar-refractivity contribution in [2.45, 2.75) is 37.8 Å². The minimum Gasteiger partial charge on any atom is -0.230 e. The van der Waals surface area contributed by atoms with Crippen LogP contribution in [0.4, 0.5) is 13.2 Å². The Balaban J connectivity index is 1.87. The van der Waals surface area contributed by atoms with Gasteiger partial charge >= 0.3 is 6.18 Å². The molecule has 0 radical (unpaired) electrons. The number of hydrogen-bond acceptors (Lipinski definition) is 4. The minimum absolute atomic E-state index is 0.0269. The highest BCUT2D eigenvalue weighted by atomic mass is 35.5. The molecule has 2 heterocycles. The second kappa shape index (κ2) is 9.44. The highest BCUT2D eigenvalue weighted by molar-refractivity contribution is 7.91. The summed E-state index contributed by atoms with van der Waals surface area (Å²) >= 11 is 7.53. The molecule has 0 saturated carbocycles. The van der Waals surface area contributed by atoms with Gasteiger partial charge in [-0.25, -0.2) is 13.1 Å². The number of halogens is 4. The SMILES string of the molecule is CCS(=O)(=O)c1cc(-c2ccc(-c3cc(C(F)(F)F)nn3-c3ccccc3Cl)s2)cc(C(C)C)c1. The summed E-state index contributed by atoms with van der Waals surface area (Å²) < 4.78 is 67.0. The molecule has 184 valence electrons. The molecule has 0 atom stereocenters. The molecule has 4 rings (SSSR count). The van der Waals surface area contributed by atoms with Crippen molar-refractivity contribution >= 4 is 32.8 Å². The maximum atomic E-state index is 13.5. The molecular formula is C25H22ClF3N2O2S2. The van der Waals surface area contributed by atoms with Crippen LogP contribution in [0.5, 0.6) is 0 Å². The van der Waals surface area contributed by atoms with Gasteiger partial charge in [-0.2, -0.15) is 18.3 Å². The van der Waals surface area contributed by atoms with Crippen molar-refractivity contribution in [3.8, 4) is 26.7 Å². The zero-order valence-electron chi connectivity index (χ0n) is 19.1. The first-order valence-electron chi connectivity index (χ1n) is 10.8. The van der Waals surface area contributed by atoms with E-state index >= 15 is 0 Å². The van der Waals surface area contributed by atoms with Crippen LogP contribution in [0.15, 0.2) is 65.6 Å². The smallest absolute Gasteiger partial charge is 0.230 e. The van der Waals surface area contributed by atoms with E-state index in [0.29, 0.717) is 16.1 Å². The molecule has 0 unspecified atom stereocenters. The second-order valence-electron chi connectivity index (χ2n) is 8.29.